The zero-order valence-electron chi connectivity index (χ0n) is 22.3. The van der Waals surface area contributed by atoms with Crippen LogP contribution < -0.4 is 14.4 Å². The van der Waals surface area contributed by atoms with E-state index in [1.165, 1.54) is 12.8 Å². The number of methoxy groups -OCH3 is 1. The van der Waals surface area contributed by atoms with Gasteiger partial charge in [0.1, 0.15) is 0 Å². The highest BCUT2D eigenvalue weighted by Gasteiger charge is 2.21. The van der Waals surface area contributed by atoms with Crippen LogP contribution in [-0.2, 0) is 11.3 Å². The molecule has 9 heteroatoms. The number of anilines is 2. The fourth-order valence-electron chi connectivity index (χ4n) is 5.28. The van der Waals surface area contributed by atoms with Gasteiger partial charge in [-0.1, -0.05) is 6.07 Å². The lowest BCUT2D eigenvalue weighted by Gasteiger charge is -2.27. The van der Waals surface area contributed by atoms with E-state index in [4.69, 9.17) is 14.2 Å². The van der Waals surface area contributed by atoms with Crippen LogP contribution in [-0.4, -0.2) is 45.0 Å². The number of pyridine rings is 1. The van der Waals surface area contributed by atoms with Gasteiger partial charge in [-0.05, 0) is 98.2 Å². The van der Waals surface area contributed by atoms with Crippen LogP contribution >= 0.6 is 0 Å². The van der Waals surface area contributed by atoms with Crippen LogP contribution in [0, 0.1) is 0 Å². The Hall–Kier alpha value is -3.98. The lowest BCUT2D eigenvalue weighted by Crippen LogP contribution is -2.20. The van der Waals surface area contributed by atoms with Crippen molar-refractivity contribution in [1.82, 2.24) is 25.2 Å². The number of tetrazole rings is 1. The molecule has 0 radical (unpaired) electrons. The quantitative estimate of drug-likeness (QED) is 0.258. The zero-order chi connectivity index (χ0) is 26.4. The van der Waals surface area contributed by atoms with E-state index < -0.39 is 0 Å². The smallest absolute Gasteiger partial charge is 0.205 e. The highest BCUT2D eigenvalue weighted by atomic mass is 16.5. The predicted molar refractivity (Wildman–Crippen MR) is 148 cm³/mol. The van der Waals surface area contributed by atoms with Crippen molar-refractivity contribution in [3.63, 3.8) is 0 Å². The molecule has 0 spiro atoms. The Labute approximate surface area is 228 Å². The SMILES string of the molecule is COc1ccc(N(Cc2cccnc2)c2ccc(-c3nnn(C4CCCCO4)n3)cc2)cc1OC1CCCC1. The first-order chi connectivity index (χ1) is 19.3. The van der Waals surface area contributed by atoms with Crippen molar-refractivity contribution in [3.8, 4) is 22.9 Å². The summed E-state index contributed by atoms with van der Waals surface area (Å²) in [7, 11) is 1.69. The minimum Gasteiger partial charge on any atom is -0.493 e. The molecule has 1 saturated heterocycles. The Bertz CT molecular complexity index is 1350. The van der Waals surface area contributed by atoms with Crippen LogP contribution in [0.3, 0.4) is 0 Å². The normalized spacial score (nSPS) is 17.7. The Kier molecular flexibility index (Phi) is 7.67. The van der Waals surface area contributed by atoms with Gasteiger partial charge in [0, 0.05) is 48.5 Å². The van der Waals surface area contributed by atoms with E-state index in [-0.39, 0.29) is 12.3 Å². The fraction of sp³-hybridized carbons (Fsp3) is 0.400. The van der Waals surface area contributed by atoms with E-state index in [1.54, 1.807) is 18.1 Å². The molecule has 1 unspecified atom stereocenters. The molecule has 4 aromatic rings. The van der Waals surface area contributed by atoms with Crippen molar-refractivity contribution in [2.75, 3.05) is 18.6 Å². The third-order valence-electron chi connectivity index (χ3n) is 7.40. The second-order valence-electron chi connectivity index (χ2n) is 10.1. The molecule has 0 bridgehead atoms. The number of hydrogen-bond acceptors (Lipinski definition) is 8. The lowest BCUT2D eigenvalue weighted by molar-refractivity contribution is -0.0488. The Morgan fingerprint density at radius 3 is 2.51 bits per heavy atom. The molecule has 2 fully saturated rings. The fourth-order valence-corrected chi connectivity index (χ4v) is 5.28. The minimum atomic E-state index is -0.134. The summed E-state index contributed by atoms with van der Waals surface area (Å²) in [5.41, 5.74) is 4.05. The number of ether oxygens (including phenoxy) is 3. The number of nitrogens with zero attached hydrogens (tertiary/aromatic N) is 6. The molecule has 9 nitrogen and oxygen atoms in total. The van der Waals surface area contributed by atoms with Gasteiger partial charge in [-0.3, -0.25) is 4.98 Å². The van der Waals surface area contributed by atoms with Crippen molar-refractivity contribution in [2.24, 2.45) is 0 Å². The lowest BCUT2D eigenvalue weighted by atomic mass is 10.1. The maximum atomic E-state index is 6.40. The van der Waals surface area contributed by atoms with Crippen LogP contribution in [0.5, 0.6) is 11.5 Å². The van der Waals surface area contributed by atoms with Crippen LogP contribution in [0.4, 0.5) is 11.4 Å². The molecule has 1 aliphatic heterocycles. The first-order valence-electron chi connectivity index (χ1n) is 13.8. The van der Waals surface area contributed by atoms with Crippen LogP contribution in [0.2, 0.25) is 0 Å². The van der Waals surface area contributed by atoms with Gasteiger partial charge in [0.25, 0.3) is 0 Å². The summed E-state index contributed by atoms with van der Waals surface area (Å²) in [5, 5.41) is 13.1. The Balaban J connectivity index is 1.29. The van der Waals surface area contributed by atoms with Crippen molar-refractivity contribution < 1.29 is 14.2 Å². The second kappa shape index (κ2) is 11.8. The first kappa shape index (κ1) is 25.3. The van der Waals surface area contributed by atoms with Gasteiger partial charge in [-0.2, -0.15) is 0 Å². The van der Waals surface area contributed by atoms with Gasteiger partial charge < -0.3 is 19.1 Å². The molecule has 1 saturated carbocycles. The summed E-state index contributed by atoms with van der Waals surface area (Å²) in [6.07, 6.45) is 11.5. The number of benzene rings is 2. The summed E-state index contributed by atoms with van der Waals surface area (Å²) in [5.74, 6) is 2.12. The number of rotatable bonds is 9. The maximum Gasteiger partial charge on any atom is 0.205 e. The van der Waals surface area contributed by atoms with Gasteiger partial charge >= 0.3 is 0 Å². The van der Waals surface area contributed by atoms with Crippen molar-refractivity contribution >= 4 is 11.4 Å². The zero-order valence-corrected chi connectivity index (χ0v) is 22.3. The monoisotopic (exact) mass is 526 g/mol. The van der Waals surface area contributed by atoms with Crippen LogP contribution in [0.1, 0.15) is 56.7 Å². The molecule has 1 atom stereocenters. The van der Waals surface area contributed by atoms with E-state index in [0.717, 1.165) is 72.7 Å². The van der Waals surface area contributed by atoms with E-state index in [2.05, 4.69) is 55.6 Å². The largest absolute Gasteiger partial charge is 0.493 e. The summed E-state index contributed by atoms with van der Waals surface area (Å²) in [4.78, 5) is 8.18. The molecule has 39 heavy (non-hydrogen) atoms. The molecule has 2 aromatic heterocycles. The van der Waals surface area contributed by atoms with Crippen LogP contribution in [0.25, 0.3) is 11.4 Å². The second-order valence-corrected chi connectivity index (χ2v) is 10.1. The summed E-state index contributed by atoms with van der Waals surface area (Å²) in [6, 6.07) is 18.4. The molecule has 202 valence electrons. The molecule has 0 N–H and O–H groups in total. The van der Waals surface area contributed by atoms with Gasteiger partial charge in [0.2, 0.25) is 5.82 Å². The molecule has 3 heterocycles. The average Bonchev–Trinajstić information content (AvgIpc) is 3.70. The van der Waals surface area contributed by atoms with Crippen LogP contribution in [0.15, 0.2) is 67.0 Å². The van der Waals surface area contributed by atoms with E-state index in [9.17, 15) is 0 Å². The Morgan fingerprint density at radius 2 is 1.77 bits per heavy atom. The summed E-state index contributed by atoms with van der Waals surface area (Å²) < 4.78 is 17.8. The molecular weight excluding hydrogens is 492 g/mol. The third kappa shape index (κ3) is 5.88. The number of aromatic nitrogens is 5. The minimum absolute atomic E-state index is 0.134. The molecule has 6 rings (SSSR count). The maximum absolute atomic E-state index is 6.40. The van der Waals surface area contributed by atoms with E-state index in [1.807, 2.05) is 30.5 Å². The molecule has 1 aliphatic carbocycles. The topological polar surface area (TPSA) is 87.4 Å². The molecular formula is C30H34N6O3. The predicted octanol–water partition coefficient (Wildman–Crippen LogP) is 6.10. The number of hydrogen-bond donors (Lipinski definition) is 0. The average molecular weight is 527 g/mol. The van der Waals surface area contributed by atoms with E-state index in [0.29, 0.717) is 12.4 Å². The third-order valence-corrected chi connectivity index (χ3v) is 7.40. The highest BCUT2D eigenvalue weighted by molar-refractivity contribution is 5.69. The molecule has 0 amide bonds. The van der Waals surface area contributed by atoms with Crippen molar-refractivity contribution in [1.29, 1.82) is 0 Å². The van der Waals surface area contributed by atoms with Gasteiger partial charge in [-0.25, -0.2) is 0 Å². The van der Waals surface area contributed by atoms with Crippen molar-refractivity contribution in [2.45, 2.75) is 63.8 Å². The van der Waals surface area contributed by atoms with Gasteiger partial charge in [0.15, 0.2) is 17.7 Å². The van der Waals surface area contributed by atoms with E-state index >= 15 is 0 Å². The first-order valence-corrected chi connectivity index (χ1v) is 13.8. The van der Waals surface area contributed by atoms with Gasteiger partial charge in [0.05, 0.1) is 13.2 Å². The van der Waals surface area contributed by atoms with Gasteiger partial charge in [-0.15, -0.1) is 15.0 Å². The standard InChI is InChI=1S/C30H34N6O3/c1-37-27-16-15-25(19-28(27)39-26-8-2-3-9-26)35(21-22-7-6-17-31-20-22)24-13-11-23(12-14-24)30-32-34-36(33-30)29-10-4-5-18-38-29/h6-7,11-17,19-20,26,29H,2-5,8-10,18,21H2,1H3. The summed E-state index contributed by atoms with van der Waals surface area (Å²) >= 11 is 0. The molecule has 2 aliphatic rings. The molecule has 2 aromatic carbocycles. The van der Waals surface area contributed by atoms with Crippen molar-refractivity contribution in [3.05, 3.63) is 72.6 Å². The Morgan fingerprint density at radius 1 is 0.949 bits per heavy atom. The highest BCUT2D eigenvalue weighted by Crippen LogP contribution is 2.38. The summed E-state index contributed by atoms with van der Waals surface area (Å²) in [6.45, 7) is 1.39.